The van der Waals surface area contributed by atoms with Crippen molar-refractivity contribution in [2.45, 2.75) is 48.0 Å². The molecule has 0 aliphatic carbocycles. The van der Waals surface area contributed by atoms with Gasteiger partial charge in [0, 0.05) is 0 Å². The van der Waals surface area contributed by atoms with Gasteiger partial charge in [-0.1, -0.05) is 41.2 Å². The van der Waals surface area contributed by atoms with E-state index in [4.69, 9.17) is 0 Å². The summed E-state index contributed by atoms with van der Waals surface area (Å²) in [4.78, 5) is 0. The summed E-state index contributed by atoms with van der Waals surface area (Å²) in [5, 5.41) is 0. The molecular weight excluding hydrogens is 175 g/mol. The molecular formula is C13H23F. The second-order valence-electron chi connectivity index (χ2n) is 3.13. The van der Waals surface area contributed by atoms with E-state index in [9.17, 15) is 4.39 Å². The van der Waals surface area contributed by atoms with Crippen molar-refractivity contribution in [3.05, 3.63) is 29.3 Å². The zero-order chi connectivity index (χ0) is 11.7. The highest BCUT2D eigenvalue weighted by Gasteiger charge is 2.10. The Kier molecular flexibility index (Phi) is 9.81. The van der Waals surface area contributed by atoms with E-state index in [2.05, 4.69) is 12.3 Å². The Balaban J connectivity index is 0. The predicted octanol–water partition coefficient (Wildman–Crippen LogP) is 5.03. The third kappa shape index (κ3) is 5.04. The number of allylic oxidation sites excluding steroid dienone is 3. The van der Waals surface area contributed by atoms with Crippen LogP contribution in [0.3, 0.4) is 0 Å². The third-order valence-corrected chi connectivity index (χ3v) is 1.85. The molecule has 0 aliphatic heterocycles. The van der Waals surface area contributed by atoms with Gasteiger partial charge in [0.15, 0.2) is 0 Å². The van der Waals surface area contributed by atoms with E-state index < -0.39 is 0 Å². The average Bonchev–Trinajstić information content (AvgIpc) is 2.20. The topological polar surface area (TPSA) is 0 Å². The van der Waals surface area contributed by atoms with Gasteiger partial charge in [0.1, 0.15) is 5.83 Å². The van der Waals surface area contributed by atoms with Gasteiger partial charge in [-0.05, 0) is 30.4 Å². The van der Waals surface area contributed by atoms with Crippen molar-refractivity contribution < 1.29 is 4.39 Å². The van der Waals surface area contributed by atoms with Crippen LogP contribution in [-0.4, -0.2) is 0 Å². The number of hydrogen-bond acceptors (Lipinski definition) is 0. The fourth-order valence-corrected chi connectivity index (χ4v) is 1.24. The Morgan fingerprint density at radius 1 is 1.36 bits per heavy atom. The molecule has 0 rings (SSSR count). The van der Waals surface area contributed by atoms with Gasteiger partial charge in [0.25, 0.3) is 0 Å². The van der Waals surface area contributed by atoms with Gasteiger partial charge in [-0.3, -0.25) is 0 Å². The Bertz CT molecular complexity index is 228. The number of halogens is 1. The molecule has 82 valence electrons. The summed E-state index contributed by atoms with van der Waals surface area (Å²) < 4.78 is 13.3. The molecule has 0 spiro atoms. The molecule has 0 amide bonds. The minimum Gasteiger partial charge on any atom is -0.211 e. The van der Waals surface area contributed by atoms with E-state index >= 15 is 0 Å². The lowest BCUT2D eigenvalue weighted by Crippen LogP contribution is -1.98. The van der Waals surface area contributed by atoms with Gasteiger partial charge in [0.2, 0.25) is 0 Å². The van der Waals surface area contributed by atoms with Crippen LogP contribution in [0.4, 0.5) is 4.39 Å². The van der Waals surface area contributed by atoms with Gasteiger partial charge < -0.3 is 0 Å². The van der Waals surface area contributed by atoms with Crippen molar-refractivity contribution in [2.75, 3.05) is 0 Å². The monoisotopic (exact) mass is 198 g/mol. The molecule has 0 unspecified atom stereocenters. The first kappa shape index (κ1) is 15.7. The number of hydrogen-bond donors (Lipinski definition) is 0. The largest absolute Gasteiger partial charge is 0.211 e. The predicted molar refractivity (Wildman–Crippen MR) is 62.9 cm³/mol. The first-order valence-electron chi connectivity index (χ1n) is 5.30. The lowest BCUT2D eigenvalue weighted by atomic mass is 9.95. The first-order valence-corrected chi connectivity index (χ1v) is 5.30. The number of rotatable bonds is 3. The average molecular weight is 198 g/mol. The zero-order valence-corrected chi connectivity index (χ0v) is 10.4. The summed E-state index contributed by atoms with van der Waals surface area (Å²) in [6.45, 7) is 15.1. The van der Waals surface area contributed by atoms with E-state index in [1.807, 2.05) is 41.5 Å². The maximum atomic E-state index is 13.3. The van der Waals surface area contributed by atoms with Crippen LogP contribution in [0.1, 0.15) is 48.0 Å². The molecule has 0 bridgehead atoms. The molecule has 0 atom stereocenters. The molecule has 0 heterocycles. The van der Waals surface area contributed by atoms with Crippen molar-refractivity contribution in [1.82, 2.24) is 0 Å². The SMILES string of the molecule is C=C=C(C)/C(=C(/F)CC)C(C)C.CC. The molecule has 0 aromatic carbocycles. The smallest absolute Gasteiger partial charge is 0.104 e. The second-order valence-corrected chi connectivity index (χ2v) is 3.13. The van der Waals surface area contributed by atoms with Crippen molar-refractivity contribution in [3.8, 4) is 0 Å². The quantitative estimate of drug-likeness (QED) is 0.440. The molecule has 0 N–H and O–H groups in total. The van der Waals surface area contributed by atoms with Gasteiger partial charge in [-0.25, -0.2) is 4.39 Å². The molecule has 0 saturated carbocycles. The zero-order valence-electron chi connectivity index (χ0n) is 10.4. The molecule has 14 heavy (non-hydrogen) atoms. The molecule has 0 nitrogen and oxygen atoms in total. The van der Waals surface area contributed by atoms with Crippen molar-refractivity contribution >= 4 is 0 Å². The van der Waals surface area contributed by atoms with Crippen molar-refractivity contribution in [3.63, 3.8) is 0 Å². The summed E-state index contributed by atoms with van der Waals surface area (Å²) in [7, 11) is 0. The normalized spacial score (nSPS) is 11.1. The van der Waals surface area contributed by atoms with E-state index in [1.165, 1.54) is 0 Å². The van der Waals surface area contributed by atoms with Crippen LogP contribution in [0.25, 0.3) is 0 Å². The minimum atomic E-state index is -0.0429. The lowest BCUT2D eigenvalue weighted by molar-refractivity contribution is 0.569. The van der Waals surface area contributed by atoms with E-state index in [0.717, 1.165) is 11.1 Å². The van der Waals surface area contributed by atoms with Crippen LogP contribution < -0.4 is 0 Å². The molecule has 0 radical (unpaired) electrons. The van der Waals surface area contributed by atoms with Gasteiger partial charge >= 0.3 is 0 Å². The third-order valence-electron chi connectivity index (χ3n) is 1.85. The molecule has 1 heteroatoms. The first-order chi connectivity index (χ1) is 6.54. The molecule has 0 aromatic rings. The fourth-order valence-electron chi connectivity index (χ4n) is 1.24. The molecule has 0 saturated heterocycles. The van der Waals surface area contributed by atoms with E-state index in [1.54, 1.807) is 0 Å². The van der Waals surface area contributed by atoms with Crippen LogP contribution in [-0.2, 0) is 0 Å². The van der Waals surface area contributed by atoms with Gasteiger partial charge in [0.05, 0.1) is 0 Å². The summed E-state index contributed by atoms with van der Waals surface area (Å²) in [5.41, 5.74) is 4.31. The van der Waals surface area contributed by atoms with Crippen LogP contribution in [0.2, 0.25) is 0 Å². The fraction of sp³-hybridized carbons (Fsp3) is 0.615. The summed E-state index contributed by atoms with van der Waals surface area (Å²) in [6.07, 6.45) is 0.451. The van der Waals surface area contributed by atoms with Crippen LogP contribution in [0.15, 0.2) is 29.3 Å². The van der Waals surface area contributed by atoms with Gasteiger partial charge in [-0.15, -0.1) is 5.73 Å². The Morgan fingerprint density at radius 3 is 2.00 bits per heavy atom. The van der Waals surface area contributed by atoms with Crippen molar-refractivity contribution in [2.24, 2.45) is 5.92 Å². The Hall–Kier alpha value is -0.810. The van der Waals surface area contributed by atoms with E-state index in [0.29, 0.717) is 6.42 Å². The van der Waals surface area contributed by atoms with Gasteiger partial charge in [-0.2, -0.15) is 0 Å². The molecule has 0 fully saturated rings. The lowest BCUT2D eigenvalue weighted by Gasteiger charge is -2.11. The highest BCUT2D eigenvalue weighted by atomic mass is 19.1. The van der Waals surface area contributed by atoms with Crippen LogP contribution >= 0.6 is 0 Å². The standard InChI is InChI=1S/C11H17F.C2H6/c1-6-9(5)11(8(3)4)10(12)7-2;1-2/h8H,1,7H2,2-5H3;1-2H3/b11-10+;. The minimum absolute atomic E-state index is 0.0429. The molecule has 0 aliphatic rings. The van der Waals surface area contributed by atoms with Crippen LogP contribution in [0, 0.1) is 5.92 Å². The second kappa shape index (κ2) is 8.77. The highest BCUT2D eigenvalue weighted by molar-refractivity contribution is 5.31. The highest BCUT2D eigenvalue weighted by Crippen LogP contribution is 2.24. The maximum Gasteiger partial charge on any atom is 0.104 e. The Morgan fingerprint density at radius 2 is 1.79 bits per heavy atom. The molecule has 0 aromatic heterocycles. The Labute approximate surface area is 88.2 Å². The summed E-state index contributed by atoms with van der Waals surface area (Å²) >= 11 is 0. The van der Waals surface area contributed by atoms with Crippen LogP contribution in [0.5, 0.6) is 0 Å². The van der Waals surface area contributed by atoms with Crippen molar-refractivity contribution in [1.29, 1.82) is 0 Å². The summed E-state index contributed by atoms with van der Waals surface area (Å²) in [6, 6.07) is 0. The van der Waals surface area contributed by atoms with E-state index in [-0.39, 0.29) is 11.7 Å². The maximum absolute atomic E-state index is 13.3. The summed E-state index contributed by atoms with van der Waals surface area (Å²) in [5.74, 6) is 0.165.